The third kappa shape index (κ3) is 2.42. The van der Waals surface area contributed by atoms with E-state index in [-0.39, 0.29) is 11.9 Å². The number of fused-ring (bicyclic) bond motifs is 1. The molecule has 1 amide bonds. The molecular formula is C12H14BrFN4O. The molecule has 1 aromatic carbocycles. The molecule has 0 spiro atoms. The van der Waals surface area contributed by atoms with Gasteiger partial charge in [0.1, 0.15) is 11.9 Å². The van der Waals surface area contributed by atoms with Crippen LogP contribution in [0.25, 0.3) is 11.0 Å². The predicted octanol–water partition coefficient (Wildman–Crippen LogP) is 2.22. The van der Waals surface area contributed by atoms with E-state index in [1.54, 1.807) is 13.0 Å². The van der Waals surface area contributed by atoms with Crippen molar-refractivity contribution in [3.05, 3.63) is 22.4 Å². The van der Waals surface area contributed by atoms with Gasteiger partial charge in [0.05, 0.1) is 15.5 Å². The number of nitrogens with one attached hydrogen (secondary N) is 1. The van der Waals surface area contributed by atoms with E-state index in [0.29, 0.717) is 22.1 Å². The smallest absolute Gasteiger partial charge is 0.242 e. The second-order valence-electron chi connectivity index (χ2n) is 4.17. The van der Waals surface area contributed by atoms with Crippen LogP contribution in [0.15, 0.2) is 16.6 Å². The Kier molecular flexibility index (Phi) is 3.75. The number of rotatable bonds is 3. The molecule has 7 heteroatoms. The van der Waals surface area contributed by atoms with Crippen LogP contribution in [0, 0.1) is 5.82 Å². The summed E-state index contributed by atoms with van der Waals surface area (Å²) in [5, 5.41) is 2.71. The highest BCUT2D eigenvalue weighted by molar-refractivity contribution is 9.10. The molecule has 1 atom stereocenters. The van der Waals surface area contributed by atoms with Gasteiger partial charge in [-0.25, -0.2) is 9.37 Å². The number of benzene rings is 1. The van der Waals surface area contributed by atoms with Gasteiger partial charge in [0, 0.05) is 12.6 Å². The van der Waals surface area contributed by atoms with Crippen molar-refractivity contribution >= 4 is 38.8 Å². The number of anilines is 1. The van der Waals surface area contributed by atoms with Gasteiger partial charge in [-0.1, -0.05) is 0 Å². The average Bonchev–Trinajstić information content (AvgIpc) is 2.65. The Bertz CT molecular complexity index is 640. The molecule has 5 nitrogen and oxygen atoms in total. The molecule has 1 aromatic heterocycles. The Morgan fingerprint density at radius 1 is 1.63 bits per heavy atom. The predicted molar refractivity (Wildman–Crippen MR) is 75.2 cm³/mol. The summed E-state index contributed by atoms with van der Waals surface area (Å²) in [5.41, 5.74) is 6.86. The molecule has 0 saturated carbocycles. The van der Waals surface area contributed by atoms with Crippen LogP contribution >= 0.6 is 15.9 Å². The van der Waals surface area contributed by atoms with E-state index in [0.717, 1.165) is 0 Å². The number of nitrogen functional groups attached to an aromatic ring is 1. The van der Waals surface area contributed by atoms with Gasteiger partial charge in [0.15, 0.2) is 0 Å². The van der Waals surface area contributed by atoms with Crippen molar-refractivity contribution in [1.29, 1.82) is 0 Å². The first-order valence-corrected chi connectivity index (χ1v) is 6.65. The summed E-state index contributed by atoms with van der Waals surface area (Å²) in [4.78, 5) is 16.0. The third-order valence-corrected chi connectivity index (χ3v) is 3.48. The lowest BCUT2D eigenvalue weighted by molar-refractivity contribution is -0.123. The average molecular weight is 329 g/mol. The molecule has 0 bridgehead atoms. The molecule has 0 fully saturated rings. The normalized spacial score (nSPS) is 12.6. The van der Waals surface area contributed by atoms with E-state index < -0.39 is 11.9 Å². The SMILES string of the molecule is CCNC(=O)C(C)n1c(N)nc2cc(Br)c(F)cc21. The summed E-state index contributed by atoms with van der Waals surface area (Å²) in [5.74, 6) is -0.417. The van der Waals surface area contributed by atoms with Crippen LogP contribution in [0.4, 0.5) is 10.3 Å². The van der Waals surface area contributed by atoms with E-state index in [9.17, 15) is 9.18 Å². The van der Waals surface area contributed by atoms with Crippen molar-refractivity contribution in [3.8, 4) is 0 Å². The summed E-state index contributed by atoms with van der Waals surface area (Å²) < 4.78 is 15.5. The van der Waals surface area contributed by atoms with Crippen molar-refractivity contribution in [1.82, 2.24) is 14.9 Å². The zero-order valence-corrected chi connectivity index (χ0v) is 12.2. The molecule has 1 unspecified atom stereocenters. The van der Waals surface area contributed by atoms with Crippen molar-refractivity contribution in [2.45, 2.75) is 19.9 Å². The number of hydrogen-bond donors (Lipinski definition) is 2. The van der Waals surface area contributed by atoms with Gasteiger partial charge in [0.25, 0.3) is 0 Å². The van der Waals surface area contributed by atoms with Crippen LogP contribution in [0.2, 0.25) is 0 Å². The maximum atomic E-state index is 13.6. The zero-order valence-electron chi connectivity index (χ0n) is 10.6. The first-order valence-electron chi connectivity index (χ1n) is 5.85. The molecule has 1 heterocycles. The van der Waals surface area contributed by atoms with Gasteiger partial charge in [-0.05, 0) is 35.8 Å². The highest BCUT2D eigenvalue weighted by Gasteiger charge is 2.20. The quantitative estimate of drug-likeness (QED) is 0.907. The van der Waals surface area contributed by atoms with E-state index in [2.05, 4.69) is 26.2 Å². The fourth-order valence-corrected chi connectivity index (χ4v) is 2.29. The fraction of sp³-hybridized carbons (Fsp3) is 0.333. The molecule has 0 aliphatic rings. The number of carbonyl (C=O) groups is 1. The first kappa shape index (κ1) is 13.8. The van der Waals surface area contributed by atoms with Crippen LogP contribution in [0.1, 0.15) is 19.9 Å². The molecule has 0 saturated heterocycles. The van der Waals surface area contributed by atoms with Crippen LogP contribution in [-0.4, -0.2) is 22.0 Å². The molecule has 0 radical (unpaired) electrons. The minimum absolute atomic E-state index is 0.183. The molecule has 0 aliphatic heterocycles. The van der Waals surface area contributed by atoms with Crippen LogP contribution in [0.3, 0.4) is 0 Å². The lowest BCUT2D eigenvalue weighted by Gasteiger charge is -2.15. The van der Waals surface area contributed by atoms with Gasteiger partial charge >= 0.3 is 0 Å². The standard InChI is InChI=1S/C12H14BrFN4O/c1-3-16-11(19)6(2)18-10-5-8(14)7(13)4-9(10)17-12(18)15/h4-6H,3H2,1-2H3,(H2,15,17)(H,16,19). The first-order chi connectivity index (χ1) is 8.95. The maximum Gasteiger partial charge on any atom is 0.242 e. The molecule has 19 heavy (non-hydrogen) atoms. The van der Waals surface area contributed by atoms with Crippen molar-refractivity contribution < 1.29 is 9.18 Å². The van der Waals surface area contributed by atoms with Crippen LogP contribution < -0.4 is 11.1 Å². The second-order valence-corrected chi connectivity index (χ2v) is 5.02. The summed E-state index contributed by atoms with van der Waals surface area (Å²) in [6, 6.07) is 2.31. The molecule has 2 aromatic rings. The number of nitrogens with zero attached hydrogens (tertiary/aromatic N) is 2. The van der Waals surface area contributed by atoms with Crippen LogP contribution in [-0.2, 0) is 4.79 Å². The number of hydrogen-bond acceptors (Lipinski definition) is 3. The number of halogens is 2. The van der Waals surface area contributed by atoms with Crippen molar-refractivity contribution in [2.75, 3.05) is 12.3 Å². The molecule has 3 N–H and O–H groups in total. The number of imidazole rings is 1. The zero-order chi connectivity index (χ0) is 14.2. The minimum atomic E-state index is -0.550. The number of nitrogens with two attached hydrogens (primary N) is 1. The van der Waals surface area contributed by atoms with Gasteiger partial charge in [-0.15, -0.1) is 0 Å². The van der Waals surface area contributed by atoms with Crippen molar-refractivity contribution in [2.24, 2.45) is 0 Å². The van der Waals surface area contributed by atoms with Crippen molar-refractivity contribution in [3.63, 3.8) is 0 Å². The third-order valence-electron chi connectivity index (χ3n) is 2.88. The van der Waals surface area contributed by atoms with E-state index in [1.165, 1.54) is 10.6 Å². The summed E-state index contributed by atoms with van der Waals surface area (Å²) in [7, 11) is 0. The molecule has 2 rings (SSSR count). The van der Waals surface area contributed by atoms with Gasteiger partial charge < -0.3 is 11.1 Å². The van der Waals surface area contributed by atoms with Gasteiger partial charge in [-0.3, -0.25) is 9.36 Å². The number of carbonyl (C=O) groups excluding carboxylic acids is 1. The van der Waals surface area contributed by atoms with Crippen LogP contribution in [0.5, 0.6) is 0 Å². The van der Waals surface area contributed by atoms with E-state index in [1.807, 2.05) is 6.92 Å². The highest BCUT2D eigenvalue weighted by atomic mass is 79.9. The highest BCUT2D eigenvalue weighted by Crippen LogP contribution is 2.27. The molecular weight excluding hydrogens is 315 g/mol. The fourth-order valence-electron chi connectivity index (χ4n) is 1.96. The monoisotopic (exact) mass is 328 g/mol. The maximum absolute atomic E-state index is 13.6. The lowest BCUT2D eigenvalue weighted by Crippen LogP contribution is -2.31. The Hall–Kier alpha value is -1.63. The molecule has 102 valence electrons. The summed E-state index contributed by atoms with van der Waals surface area (Å²) in [6.07, 6.45) is 0. The number of aromatic nitrogens is 2. The largest absolute Gasteiger partial charge is 0.369 e. The van der Waals surface area contributed by atoms with E-state index in [4.69, 9.17) is 5.73 Å². The Morgan fingerprint density at radius 2 is 2.32 bits per heavy atom. The number of amides is 1. The topological polar surface area (TPSA) is 72.9 Å². The Labute approximate surface area is 118 Å². The Morgan fingerprint density at radius 3 is 2.95 bits per heavy atom. The second kappa shape index (κ2) is 5.16. The summed E-state index contributed by atoms with van der Waals surface area (Å²) >= 11 is 3.10. The minimum Gasteiger partial charge on any atom is -0.369 e. The Balaban J connectivity index is 2.56. The van der Waals surface area contributed by atoms with Gasteiger partial charge in [-0.2, -0.15) is 0 Å². The summed E-state index contributed by atoms with van der Waals surface area (Å²) in [6.45, 7) is 4.05. The lowest BCUT2D eigenvalue weighted by atomic mass is 10.2. The number of likely N-dealkylation sites (N-methyl/N-ethyl adjacent to an activating group) is 1. The van der Waals surface area contributed by atoms with Gasteiger partial charge in [0.2, 0.25) is 11.9 Å². The molecule has 0 aliphatic carbocycles. The van der Waals surface area contributed by atoms with E-state index >= 15 is 0 Å².